The maximum Gasteiger partial charge on any atom is 0.335 e. The summed E-state index contributed by atoms with van der Waals surface area (Å²) in [5.41, 5.74) is 0.183. The third-order valence-corrected chi connectivity index (χ3v) is 2.89. The van der Waals surface area contributed by atoms with Crippen molar-refractivity contribution in [2.24, 2.45) is 0 Å². The number of halogens is 2. The molecule has 0 fully saturated rings. The maximum absolute atomic E-state index is 13.6. The summed E-state index contributed by atoms with van der Waals surface area (Å²) in [5.74, 6) is -2.49. The Balaban J connectivity index is 2.21. The van der Waals surface area contributed by atoms with E-state index in [9.17, 15) is 14.0 Å². The van der Waals surface area contributed by atoms with Gasteiger partial charge in [0.15, 0.2) is 0 Å². The number of anilines is 1. The molecule has 0 heterocycles. The van der Waals surface area contributed by atoms with E-state index in [2.05, 4.69) is 5.32 Å². The van der Waals surface area contributed by atoms with Gasteiger partial charge in [-0.1, -0.05) is 17.7 Å². The molecule has 0 spiro atoms. The lowest BCUT2D eigenvalue weighted by Crippen LogP contribution is -2.14. The van der Waals surface area contributed by atoms with Crippen molar-refractivity contribution in [3.8, 4) is 0 Å². The number of aromatic carboxylic acids is 1. The van der Waals surface area contributed by atoms with Crippen LogP contribution in [0, 0.1) is 5.82 Å². The second kappa shape index (κ2) is 5.71. The first-order valence-electron chi connectivity index (χ1n) is 5.58. The molecule has 0 aromatic heterocycles. The first-order chi connectivity index (χ1) is 9.49. The lowest BCUT2D eigenvalue weighted by atomic mass is 10.1. The molecule has 2 rings (SSSR count). The lowest BCUT2D eigenvalue weighted by Gasteiger charge is -2.07. The van der Waals surface area contributed by atoms with Gasteiger partial charge < -0.3 is 10.4 Å². The molecule has 0 radical (unpaired) electrons. The van der Waals surface area contributed by atoms with Crippen molar-refractivity contribution in [2.45, 2.75) is 0 Å². The number of benzene rings is 2. The zero-order valence-corrected chi connectivity index (χ0v) is 10.8. The van der Waals surface area contributed by atoms with E-state index in [1.54, 1.807) is 0 Å². The Labute approximate surface area is 118 Å². The van der Waals surface area contributed by atoms with E-state index in [0.29, 0.717) is 5.69 Å². The van der Waals surface area contributed by atoms with Crippen LogP contribution in [0.15, 0.2) is 42.5 Å². The summed E-state index contributed by atoms with van der Waals surface area (Å²) in [7, 11) is 0. The van der Waals surface area contributed by atoms with Crippen molar-refractivity contribution in [3.05, 3.63) is 64.4 Å². The maximum atomic E-state index is 13.6. The molecular formula is C14H9ClFNO3. The van der Waals surface area contributed by atoms with E-state index >= 15 is 0 Å². The van der Waals surface area contributed by atoms with E-state index < -0.39 is 17.7 Å². The molecule has 0 saturated heterocycles. The highest BCUT2D eigenvalue weighted by Crippen LogP contribution is 2.20. The number of hydrogen-bond donors (Lipinski definition) is 2. The zero-order valence-electron chi connectivity index (χ0n) is 10.1. The van der Waals surface area contributed by atoms with Crippen LogP contribution in [0.25, 0.3) is 0 Å². The van der Waals surface area contributed by atoms with Crippen LogP contribution >= 0.6 is 11.6 Å². The Morgan fingerprint density at radius 2 is 1.75 bits per heavy atom. The first kappa shape index (κ1) is 14.0. The van der Waals surface area contributed by atoms with Crippen LogP contribution in [0.1, 0.15) is 20.7 Å². The van der Waals surface area contributed by atoms with Gasteiger partial charge in [0.1, 0.15) is 5.82 Å². The highest BCUT2D eigenvalue weighted by atomic mass is 35.5. The van der Waals surface area contributed by atoms with E-state index in [4.69, 9.17) is 16.7 Å². The Kier molecular flexibility index (Phi) is 4.00. The summed E-state index contributed by atoms with van der Waals surface area (Å²) in [6.45, 7) is 0. The topological polar surface area (TPSA) is 66.4 Å². The van der Waals surface area contributed by atoms with Gasteiger partial charge >= 0.3 is 5.97 Å². The van der Waals surface area contributed by atoms with Crippen molar-refractivity contribution < 1.29 is 19.1 Å². The number of carbonyl (C=O) groups is 2. The fourth-order valence-electron chi connectivity index (χ4n) is 1.60. The Hall–Kier alpha value is -2.40. The molecule has 0 aliphatic rings. The Morgan fingerprint density at radius 1 is 1.10 bits per heavy atom. The van der Waals surface area contributed by atoms with Crippen molar-refractivity contribution in [3.63, 3.8) is 0 Å². The van der Waals surface area contributed by atoms with E-state index in [1.807, 2.05) is 0 Å². The monoisotopic (exact) mass is 293 g/mol. The van der Waals surface area contributed by atoms with Crippen LogP contribution < -0.4 is 5.32 Å². The molecule has 1 amide bonds. The van der Waals surface area contributed by atoms with Gasteiger partial charge in [-0.25, -0.2) is 9.18 Å². The summed E-state index contributed by atoms with van der Waals surface area (Å²) in [5, 5.41) is 11.2. The van der Waals surface area contributed by atoms with Crippen LogP contribution in [0.4, 0.5) is 10.1 Å². The van der Waals surface area contributed by atoms with E-state index in [0.717, 1.165) is 6.07 Å². The van der Waals surface area contributed by atoms with E-state index in [1.165, 1.54) is 36.4 Å². The predicted molar refractivity (Wildman–Crippen MR) is 72.8 cm³/mol. The van der Waals surface area contributed by atoms with Crippen molar-refractivity contribution in [1.29, 1.82) is 0 Å². The van der Waals surface area contributed by atoms with Gasteiger partial charge in [-0.2, -0.15) is 0 Å². The summed E-state index contributed by atoms with van der Waals surface area (Å²) in [6.07, 6.45) is 0. The zero-order chi connectivity index (χ0) is 14.7. The summed E-state index contributed by atoms with van der Waals surface area (Å²) >= 11 is 5.78. The molecule has 2 aromatic rings. The average Bonchev–Trinajstić information content (AvgIpc) is 2.39. The molecule has 0 aliphatic heterocycles. The van der Waals surface area contributed by atoms with Gasteiger partial charge in [-0.05, 0) is 36.4 Å². The molecule has 0 unspecified atom stereocenters. The van der Waals surface area contributed by atoms with Crippen molar-refractivity contribution in [2.75, 3.05) is 5.32 Å². The van der Waals surface area contributed by atoms with Gasteiger partial charge in [0.05, 0.1) is 16.1 Å². The SMILES string of the molecule is O=C(O)c1ccc(NC(=O)c2c(F)cccc2Cl)cc1. The molecule has 2 aromatic carbocycles. The van der Waals surface area contributed by atoms with Gasteiger partial charge in [-0.15, -0.1) is 0 Å². The molecule has 6 heteroatoms. The highest BCUT2D eigenvalue weighted by Gasteiger charge is 2.15. The molecular weight excluding hydrogens is 285 g/mol. The number of amides is 1. The molecule has 102 valence electrons. The van der Waals surface area contributed by atoms with Crippen LogP contribution in [0.5, 0.6) is 0 Å². The molecule has 0 aliphatic carbocycles. The smallest absolute Gasteiger partial charge is 0.335 e. The first-order valence-corrected chi connectivity index (χ1v) is 5.95. The minimum absolute atomic E-state index is 0.00431. The summed E-state index contributed by atoms with van der Waals surface area (Å²) in [6, 6.07) is 9.44. The Bertz CT molecular complexity index is 650. The van der Waals surface area contributed by atoms with Crippen molar-refractivity contribution in [1.82, 2.24) is 0 Å². The average molecular weight is 294 g/mol. The second-order valence-corrected chi connectivity index (χ2v) is 4.34. The molecule has 4 nitrogen and oxygen atoms in total. The normalized spacial score (nSPS) is 10.1. The standard InChI is InChI=1S/C14H9ClFNO3/c15-10-2-1-3-11(16)12(10)13(18)17-9-6-4-8(5-7-9)14(19)20/h1-7H,(H,17,18)(H,19,20). The van der Waals surface area contributed by atoms with Crippen LogP contribution in [-0.4, -0.2) is 17.0 Å². The van der Waals surface area contributed by atoms with Gasteiger partial charge in [-0.3, -0.25) is 4.79 Å². The summed E-state index contributed by atoms with van der Waals surface area (Å²) < 4.78 is 13.6. The van der Waals surface area contributed by atoms with Crippen LogP contribution in [0.3, 0.4) is 0 Å². The lowest BCUT2D eigenvalue weighted by molar-refractivity contribution is 0.0696. The quantitative estimate of drug-likeness (QED) is 0.911. The molecule has 0 atom stereocenters. The van der Waals surface area contributed by atoms with Gasteiger partial charge in [0, 0.05) is 5.69 Å². The van der Waals surface area contributed by atoms with E-state index in [-0.39, 0.29) is 16.1 Å². The number of carboxylic acids is 1. The van der Waals surface area contributed by atoms with Crippen LogP contribution in [0.2, 0.25) is 5.02 Å². The second-order valence-electron chi connectivity index (χ2n) is 3.93. The molecule has 20 heavy (non-hydrogen) atoms. The van der Waals surface area contributed by atoms with Gasteiger partial charge in [0.25, 0.3) is 5.91 Å². The number of rotatable bonds is 3. The molecule has 0 bridgehead atoms. The molecule has 2 N–H and O–H groups in total. The third-order valence-electron chi connectivity index (χ3n) is 2.58. The van der Waals surface area contributed by atoms with Crippen molar-refractivity contribution >= 4 is 29.2 Å². The Morgan fingerprint density at radius 3 is 2.30 bits per heavy atom. The number of nitrogens with one attached hydrogen (secondary N) is 1. The number of carbonyl (C=O) groups excluding carboxylic acids is 1. The third kappa shape index (κ3) is 2.95. The predicted octanol–water partition coefficient (Wildman–Crippen LogP) is 3.43. The highest BCUT2D eigenvalue weighted by molar-refractivity contribution is 6.34. The van der Waals surface area contributed by atoms with Gasteiger partial charge in [0.2, 0.25) is 0 Å². The molecule has 0 saturated carbocycles. The number of carboxylic acid groups (broad SMARTS) is 1. The number of hydrogen-bond acceptors (Lipinski definition) is 2. The van der Waals surface area contributed by atoms with Crippen LogP contribution in [-0.2, 0) is 0 Å². The summed E-state index contributed by atoms with van der Waals surface area (Å²) in [4.78, 5) is 22.6. The minimum Gasteiger partial charge on any atom is -0.478 e. The fraction of sp³-hybridized carbons (Fsp3) is 0. The fourth-order valence-corrected chi connectivity index (χ4v) is 1.85. The minimum atomic E-state index is -1.07. The largest absolute Gasteiger partial charge is 0.478 e.